The van der Waals surface area contributed by atoms with Crippen LogP contribution in [0.2, 0.25) is 0 Å². The summed E-state index contributed by atoms with van der Waals surface area (Å²) in [6.07, 6.45) is 53.2. The van der Waals surface area contributed by atoms with Crippen LogP contribution in [-0.2, 0) is 0 Å². The number of aliphatic hydroxyl groups excluding tert-OH is 3. The quantitative estimate of drug-likeness (QED) is 0.0552. The molecule has 0 aliphatic heterocycles. The zero-order valence-corrected chi connectivity index (χ0v) is 34.8. The van der Waals surface area contributed by atoms with Gasteiger partial charge < -0.3 is 15.3 Å². The molecule has 0 heterocycles. The van der Waals surface area contributed by atoms with Crippen molar-refractivity contribution in [2.75, 3.05) is 0 Å². The Morgan fingerprint density at radius 1 is 0.220 bits per heavy atom. The van der Waals surface area contributed by atoms with Gasteiger partial charge in [-0.2, -0.15) is 0 Å². The maximum Gasteiger partial charge on any atom is 0.106 e. The normalized spacial score (nSPS) is 13.6. The molecule has 0 aromatic rings. The van der Waals surface area contributed by atoms with Gasteiger partial charge >= 0.3 is 0 Å². The van der Waals surface area contributed by atoms with Gasteiger partial charge in [0.1, 0.15) is 6.10 Å². The van der Waals surface area contributed by atoms with Crippen molar-refractivity contribution in [3.63, 3.8) is 0 Å². The van der Waals surface area contributed by atoms with E-state index in [4.69, 9.17) is 0 Å². The van der Waals surface area contributed by atoms with Gasteiger partial charge in [-0.15, -0.1) is 0 Å². The molecule has 0 amide bonds. The van der Waals surface area contributed by atoms with Crippen LogP contribution in [0, 0.1) is 0 Å². The predicted octanol–water partition coefficient (Wildman–Crippen LogP) is 15.5. The molecule has 3 nitrogen and oxygen atoms in total. The summed E-state index contributed by atoms with van der Waals surface area (Å²) in [4.78, 5) is 0. The lowest BCUT2D eigenvalue weighted by Crippen LogP contribution is -2.37. The molecule has 3 N–H and O–H groups in total. The van der Waals surface area contributed by atoms with Crippen molar-refractivity contribution in [1.29, 1.82) is 0 Å². The van der Waals surface area contributed by atoms with Crippen molar-refractivity contribution in [3.8, 4) is 0 Å². The Labute approximate surface area is 316 Å². The first-order chi connectivity index (χ1) is 24.6. The largest absolute Gasteiger partial charge is 0.390 e. The van der Waals surface area contributed by atoms with E-state index in [9.17, 15) is 15.3 Å². The number of hydrogen-bond donors (Lipinski definition) is 3. The van der Waals surface area contributed by atoms with Gasteiger partial charge in [0, 0.05) is 0 Å². The molecule has 2 unspecified atom stereocenters. The second-order valence-electron chi connectivity index (χ2n) is 16.6. The minimum absolute atomic E-state index is 0.608. The zero-order valence-electron chi connectivity index (χ0n) is 34.8. The Morgan fingerprint density at radius 3 is 0.520 bits per heavy atom. The van der Waals surface area contributed by atoms with Gasteiger partial charge in [0.15, 0.2) is 0 Å². The molecule has 50 heavy (non-hydrogen) atoms. The molecule has 0 rings (SSSR count). The van der Waals surface area contributed by atoms with Crippen molar-refractivity contribution >= 4 is 0 Å². The molecule has 0 aliphatic rings. The van der Waals surface area contributed by atoms with Gasteiger partial charge in [0.05, 0.1) is 12.2 Å². The van der Waals surface area contributed by atoms with E-state index in [-0.39, 0.29) is 0 Å². The van der Waals surface area contributed by atoms with Crippen LogP contribution in [0.4, 0.5) is 0 Å². The third-order valence-corrected chi connectivity index (χ3v) is 11.5. The summed E-state index contributed by atoms with van der Waals surface area (Å²) < 4.78 is 0. The maximum absolute atomic E-state index is 10.4. The highest BCUT2D eigenvalue weighted by atomic mass is 16.4. The molecule has 0 aromatic carbocycles. The number of rotatable bonds is 44. The van der Waals surface area contributed by atoms with Crippen LogP contribution in [0.25, 0.3) is 0 Å². The highest BCUT2D eigenvalue weighted by molar-refractivity contribution is 4.75. The highest BCUT2D eigenvalue weighted by Crippen LogP contribution is 2.19. The van der Waals surface area contributed by atoms with Crippen LogP contribution >= 0.6 is 0 Å². The summed E-state index contributed by atoms with van der Waals surface area (Å²) >= 11 is 0. The monoisotopic (exact) mass is 709 g/mol. The van der Waals surface area contributed by atoms with Crippen LogP contribution in [0.1, 0.15) is 284 Å². The average Bonchev–Trinajstić information content (AvgIpc) is 3.12. The van der Waals surface area contributed by atoms with E-state index in [1.165, 1.54) is 231 Å². The fourth-order valence-corrected chi connectivity index (χ4v) is 7.82. The fourth-order valence-electron chi connectivity index (χ4n) is 7.82. The lowest BCUT2D eigenvalue weighted by Gasteiger charge is -2.23. The van der Waals surface area contributed by atoms with Crippen LogP contribution in [-0.4, -0.2) is 33.6 Å². The molecule has 2 atom stereocenters. The molecule has 0 radical (unpaired) electrons. The molecule has 0 saturated heterocycles. The van der Waals surface area contributed by atoms with Crippen molar-refractivity contribution in [1.82, 2.24) is 0 Å². The summed E-state index contributed by atoms with van der Waals surface area (Å²) in [6.45, 7) is 4.59. The summed E-state index contributed by atoms with van der Waals surface area (Å²) in [5.41, 5.74) is 0. The Hall–Kier alpha value is -0.120. The second kappa shape index (κ2) is 43.3. The van der Waals surface area contributed by atoms with E-state index in [0.717, 1.165) is 25.7 Å². The predicted molar refractivity (Wildman–Crippen MR) is 223 cm³/mol. The molecular weight excluding hydrogens is 613 g/mol. The maximum atomic E-state index is 10.4. The molecule has 0 spiro atoms. The molecule has 0 aliphatic carbocycles. The minimum Gasteiger partial charge on any atom is -0.390 e. The first-order valence-electron chi connectivity index (χ1n) is 23.7. The number of hydrogen-bond acceptors (Lipinski definition) is 3. The summed E-state index contributed by atoms with van der Waals surface area (Å²) in [5, 5.41) is 31.2. The van der Waals surface area contributed by atoms with E-state index in [1.54, 1.807) is 0 Å². The van der Waals surface area contributed by atoms with Crippen molar-refractivity contribution < 1.29 is 15.3 Å². The molecule has 0 saturated carbocycles. The Morgan fingerprint density at radius 2 is 0.360 bits per heavy atom. The highest BCUT2D eigenvalue weighted by Gasteiger charge is 2.23. The molecule has 0 bridgehead atoms. The van der Waals surface area contributed by atoms with Gasteiger partial charge in [0.2, 0.25) is 0 Å². The van der Waals surface area contributed by atoms with Crippen LogP contribution < -0.4 is 0 Å². The fraction of sp³-hybridized carbons (Fsp3) is 1.00. The minimum atomic E-state index is -0.990. The van der Waals surface area contributed by atoms with E-state index < -0.39 is 18.3 Å². The number of unbranched alkanes of at least 4 members (excludes halogenated alkanes) is 38. The molecular formula is C47H96O3. The van der Waals surface area contributed by atoms with Crippen LogP contribution in [0.5, 0.6) is 0 Å². The average molecular weight is 709 g/mol. The molecule has 0 fully saturated rings. The smallest absolute Gasteiger partial charge is 0.106 e. The van der Waals surface area contributed by atoms with E-state index in [1.807, 2.05) is 0 Å². The summed E-state index contributed by atoms with van der Waals surface area (Å²) in [5.74, 6) is 0. The van der Waals surface area contributed by atoms with Gasteiger partial charge in [0.25, 0.3) is 0 Å². The van der Waals surface area contributed by atoms with Crippen LogP contribution in [0.3, 0.4) is 0 Å². The van der Waals surface area contributed by atoms with E-state index >= 15 is 0 Å². The summed E-state index contributed by atoms with van der Waals surface area (Å²) in [7, 11) is 0. The standard InChI is InChI=1S/C47H96O3/c1-3-5-7-9-11-13-15-17-19-21-23-25-27-29-31-33-35-37-39-41-43-45(48)47(50)46(49)44-42-40-38-36-34-32-30-28-26-24-22-20-18-16-14-12-10-8-6-4-2/h45-50H,3-44H2,1-2H3. The SMILES string of the molecule is CCCCCCCCCCCCCCCCCCCCCCC(O)C(O)C(O)CCCCCCCCCCCCCCCCCCCCCC. The Kier molecular flexibility index (Phi) is 43.2. The zero-order chi connectivity index (χ0) is 36.4. The topological polar surface area (TPSA) is 60.7 Å². The molecule has 302 valence electrons. The second-order valence-corrected chi connectivity index (χ2v) is 16.6. The Balaban J connectivity index is 3.35. The lowest BCUT2D eigenvalue weighted by atomic mass is 9.97. The Bertz CT molecular complexity index is 545. The summed E-state index contributed by atoms with van der Waals surface area (Å²) in [6, 6.07) is 0. The van der Waals surface area contributed by atoms with Crippen molar-refractivity contribution in [2.45, 2.75) is 302 Å². The van der Waals surface area contributed by atoms with Crippen molar-refractivity contribution in [2.24, 2.45) is 0 Å². The van der Waals surface area contributed by atoms with Gasteiger partial charge in [-0.25, -0.2) is 0 Å². The van der Waals surface area contributed by atoms with Gasteiger partial charge in [-0.1, -0.05) is 271 Å². The third-order valence-electron chi connectivity index (χ3n) is 11.5. The van der Waals surface area contributed by atoms with Crippen LogP contribution in [0.15, 0.2) is 0 Å². The molecule has 0 aromatic heterocycles. The lowest BCUT2D eigenvalue weighted by molar-refractivity contribution is -0.0653. The third kappa shape index (κ3) is 39.1. The number of aliphatic hydroxyl groups is 3. The first kappa shape index (κ1) is 49.9. The van der Waals surface area contributed by atoms with Gasteiger partial charge in [-0.05, 0) is 12.8 Å². The first-order valence-corrected chi connectivity index (χ1v) is 23.7. The van der Waals surface area contributed by atoms with Gasteiger partial charge in [-0.3, -0.25) is 0 Å². The van der Waals surface area contributed by atoms with E-state index in [2.05, 4.69) is 13.8 Å². The van der Waals surface area contributed by atoms with E-state index in [0.29, 0.717) is 12.8 Å². The van der Waals surface area contributed by atoms with Crippen molar-refractivity contribution in [3.05, 3.63) is 0 Å². The molecule has 3 heteroatoms.